The first kappa shape index (κ1) is 27.9. The molecule has 12 nitrogen and oxygen atoms in total. The molecule has 1 saturated heterocycles. The van der Waals surface area contributed by atoms with Crippen molar-refractivity contribution in [2.24, 2.45) is 0 Å². The van der Waals surface area contributed by atoms with E-state index in [0.717, 1.165) is 0 Å². The number of carbonyl (C=O) groups excluding carboxylic acids is 4. The summed E-state index contributed by atoms with van der Waals surface area (Å²) in [5, 5.41) is 3.15. The maximum Gasteiger partial charge on any atom is 0.304 e. The second-order valence-electron chi connectivity index (χ2n) is 7.69. The fourth-order valence-corrected chi connectivity index (χ4v) is 3.61. The zero-order chi connectivity index (χ0) is 26.1. The van der Waals surface area contributed by atoms with Gasteiger partial charge < -0.3 is 38.5 Å². The number of nitrogens with one attached hydrogen (secondary N) is 1. The van der Waals surface area contributed by atoms with E-state index < -0.39 is 54.5 Å². The molecule has 1 aliphatic rings. The Bertz CT molecular complexity index is 919. The lowest BCUT2D eigenvalue weighted by molar-refractivity contribution is -0.271. The summed E-state index contributed by atoms with van der Waals surface area (Å²) >= 11 is 0. The second-order valence-corrected chi connectivity index (χ2v) is 7.69. The number of rotatable bonds is 10. The monoisotopic (exact) mass is 497 g/mol. The fourth-order valence-electron chi connectivity index (χ4n) is 3.61. The van der Waals surface area contributed by atoms with Gasteiger partial charge in [0.05, 0.1) is 14.2 Å². The van der Waals surface area contributed by atoms with Gasteiger partial charge in [-0.05, 0) is 6.07 Å². The zero-order valence-corrected chi connectivity index (χ0v) is 20.5. The number of ether oxygens (including phenoxy) is 7. The van der Waals surface area contributed by atoms with Crippen LogP contribution in [0.15, 0.2) is 18.2 Å². The van der Waals surface area contributed by atoms with Crippen LogP contribution in [0, 0.1) is 0 Å². The molecule has 1 heterocycles. The molecule has 1 aliphatic heterocycles. The van der Waals surface area contributed by atoms with Crippen molar-refractivity contribution in [2.75, 3.05) is 20.8 Å². The Kier molecular flexibility index (Phi) is 10.3. The number of esters is 4. The summed E-state index contributed by atoms with van der Waals surface area (Å²) in [6.07, 6.45) is -4.67. The van der Waals surface area contributed by atoms with Crippen LogP contribution >= 0.6 is 0 Å². The highest BCUT2D eigenvalue weighted by Gasteiger charge is 2.51. The predicted molar refractivity (Wildman–Crippen MR) is 118 cm³/mol. The van der Waals surface area contributed by atoms with Crippen LogP contribution in [0.1, 0.15) is 33.3 Å². The van der Waals surface area contributed by atoms with E-state index in [0.29, 0.717) is 17.1 Å². The maximum atomic E-state index is 12.0. The molecule has 1 N–H and O–H groups in total. The quantitative estimate of drug-likeness (QED) is 0.362. The molecule has 0 unspecified atom stereocenters. The van der Waals surface area contributed by atoms with Gasteiger partial charge in [-0.25, -0.2) is 0 Å². The molecular formula is C23H31NO11. The van der Waals surface area contributed by atoms with Crippen LogP contribution in [0.5, 0.6) is 11.5 Å². The van der Waals surface area contributed by atoms with E-state index in [2.05, 4.69) is 5.32 Å². The average molecular weight is 497 g/mol. The van der Waals surface area contributed by atoms with Gasteiger partial charge in [-0.3, -0.25) is 19.2 Å². The SMILES string of the molecule is COc1ccc(CN[C@H]2[C@H](OC(C)=O)O[C@H](COC(C)=O)[C@@H](OC(C)=O)[C@@H]2OC(C)=O)c(OC)c1. The van der Waals surface area contributed by atoms with Crippen LogP contribution in [0.25, 0.3) is 0 Å². The maximum absolute atomic E-state index is 12.0. The molecular weight excluding hydrogens is 466 g/mol. The van der Waals surface area contributed by atoms with Crippen LogP contribution in [0.4, 0.5) is 0 Å². The van der Waals surface area contributed by atoms with Crippen molar-refractivity contribution in [3.8, 4) is 11.5 Å². The Morgan fingerprint density at radius 2 is 1.49 bits per heavy atom. The molecule has 0 aliphatic carbocycles. The lowest BCUT2D eigenvalue weighted by Gasteiger charge is -2.44. The fraction of sp³-hybridized carbons (Fsp3) is 0.565. The molecule has 0 spiro atoms. The molecule has 1 fully saturated rings. The molecule has 1 aromatic rings. The van der Waals surface area contributed by atoms with Crippen molar-refractivity contribution in [1.29, 1.82) is 0 Å². The van der Waals surface area contributed by atoms with Gasteiger partial charge in [-0.1, -0.05) is 6.07 Å². The van der Waals surface area contributed by atoms with Crippen molar-refractivity contribution in [3.05, 3.63) is 23.8 Å². The number of hydrogen-bond donors (Lipinski definition) is 1. The van der Waals surface area contributed by atoms with Crippen molar-refractivity contribution in [3.63, 3.8) is 0 Å². The van der Waals surface area contributed by atoms with Crippen LogP contribution in [-0.4, -0.2) is 75.3 Å². The number of methoxy groups -OCH3 is 2. The highest BCUT2D eigenvalue weighted by atomic mass is 16.7. The first-order chi connectivity index (χ1) is 16.5. The zero-order valence-electron chi connectivity index (χ0n) is 20.5. The standard InChI is InChI=1S/C23H31NO11/c1-12(25)31-11-19-21(32-13(2)26)22(33-14(3)27)20(23(35-19)34-15(4)28)24-10-16-7-8-17(29-5)9-18(16)30-6/h7-9,19-24H,10-11H2,1-6H3/t19-,20-,21-,22-,23-/m1/s1. The van der Waals surface area contributed by atoms with Crippen LogP contribution in [-0.2, 0) is 49.4 Å². The normalized spacial score (nSPS) is 23.5. The van der Waals surface area contributed by atoms with Gasteiger partial charge in [0.25, 0.3) is 0 Å². The molecule has 2 rings (SSSR count). The largest absolute Gasteiger partial charge is 0.497 e. The Balaban J connectivity index is 2.42. The molecule has 5 atom stereocenters. The lowest BCUT2D eigenvalue weighted by Crippen LogP contribution is -2.66. The Morgan fingerprint density at radius 1 is 0.857 bits per heavy atom. The highest BCUT2D eigenvalue weighted by molar-refractivity contribution is 5.68. The summed E-state index contributed by atoms with van der Waals surface area (Å²) in [6, 6.07) is 4.23. The molecule has 35 heavy (non-hydrogen) atoms. The van der Waals surface area contributed by atoms with Crippen LogP contribution < -0.4 is 14.8 Å². The summed E-state index contributed by atoms with van der Waals surface area (Å²) in [7, 11) is 3.03. The summed E-state index contributed by atoms with van der Waals surface area (Å²) in [5.74, 6) is -1.50. The minimum atomic E-state index is -1.27. The van der Waals surface area contributed by atoms with Gasteiger partial charge in [-0.15, -0.1) is 0 Å². The second kappa shape index (κ2) is 12.9. The van der Waals surface area contributed by atoms with Crippen LogP contribution in [0.3, 0.4) is 0 Å². The van der Waals surface area contributed by atoms with E-state index in [1.54, 1.807) is 18.2 Å². The molecule has 0 aromatic heterocycles. The summed E-state index contributed by atoms with van der Waals surface area (Å²) < 4.78 is 37.8. The predicted octanol–water partition coefficient (Wildman–Crippen LogP) is 0.877. The Labute approximate surface area is 203 Å². The van der Waals surface area contributed by atoms with Crippen molar-refractivity contribution in [1.82, 2.24) is 5.32 Å². The minimum absolute atomic E-state index is 0.165. The molecule has 194 valence electrons. The van der Waals surface area contributed by atoms with Crippen molar-refractivity contribution in [2.45, 2.75) is 64.9 Å². The number of hydrogen-bond acceptors (Lipinski definition) is 12. The Hall–Kier alpha value is -3.38. The van der Waals surface area contributed by atoms with E-state index in [1.165, 1.54) is 41.9 Å². The summed E-state index contributed by atoms with van der Waals surface area (Å²) in [6.45, 7) is 4.58. The average Bonchev–Trinajstić information content (AvgIpc) is 2.78. The van der Waals surface area contributed by atoms with E-state index in [-0.39, 0.29) is 13.2 Å². The number of benzene rings is 1. The third-order valence-corrected chi connectivity index (χ3v) is 5.01. The van der Waals surface area contributed by atoms with Gasteiger partial charge in [-0.2, -0.15) is 0 Å². The van der Waals surface area contributed by atoms with Gasteiger partial charge in [0.15, 0.2) is 12.2 Å². The third kappa shape index (κ3) is 8.11. The van der Waals surface area contributed by atoms with Gasteiger partial charge >= 0.3 is 23.9 Å². The summed E-state index contributed by atoms with van der Waals surface area (Å²) in [5.41, 5.74) is 0.711. The Morgan fingerprint density at radius 3 is 2.03 bits per heavy atom. The molecule has 0 bridgehead atoms. The summed E-state index contributed by atoms with van der Waals surface area (Å²) in [4.78, 5) is 47.0. The first-order valence-corrected chi connectivity index (χ1v) is 10.8. The number of carbonyl (C=O) groups is 4. The third-order valence-electron chi connectivity index (χ3n) is 5.01. The van der Waals surface area contributed by atoms with Gasteiger partial charge in [0.2, 0.25) is 6.29 Å². The molecule has 0 amide bonds. The van der Waals surface area contributed by atoms with Gasteiger partial charge in [0.1, 0.15) is 30.3 Å². The van der Waals surface area contributed by atoms with E-state index in [9.17, 15) is 19.2 Å². The van der Waals surface area contributed by atoms with E-state index >= 15 is 0 Å². The highest BCUT2D eigenvalue weighted by Crippen LogP contribution is 2.29. The topological polar surface area (TPSA) is 145 Å². The first-order valence-electron chi connectivity index (χ1n) is 10.8. The van der Waals surface area contributed by atoms with Gasteiger partial charge in [0, 0.05) is 45.9 Å². The lowest BCUT2D eigenvalue weighted by atomic mass is 9.95. The van der Waals surface area contributed by atoms with Crippen molar-refractivity contribution >= 4 is 23.9 Å². The molecule has 12 heteroatoms. The molecule has 1 aromatic carbocycles. The van der Waals surface area contributed by atoms with Crippen LogP contribution in [0.2, 0.25) is 0 Å². The molecule has 0 radical (unpaired) electrons. The minimum Gasteiger partial charge on any atom is -0.497 e. The smallest absolute Gasteiger partial charge is 0.304 e. The van der Waals surface area contributed by atoms with Crippen molar-refractivity contribution < 1.29 is 52.3 Å². The van der Waals surface area contributed by atoms with E-state index in [1.807, 2.05) is 0 Å². The van der Waals surface area contributed by atoms with E-state index in [4.69, 9.17) is 33.2 Å². The molecule has 0 saturated carbocycles.